The molecule has 2 aromatic carbocycles. The SMILES string of the molecule is CC(=O)c1cccc(NC(=O)c2cnc(Nc3ccc(N(C)C)cc3)cn2)c1. The Labute approximate surface area is 163 Å². The van der Waals surface area contributed by atoms with E-state index in [4.69, 9.17) is 0 Å². The first kappa shape index (κ1) is 19.0. The molecule has 7 nitrogen and oxygen atoms in total. The first-order chi connectivity index (χ1) is 13.4. The lowest BCUT2D eigenvalue weighted by molar-refractivity contribution is 0.100. The zero-order chi connectivity index (χ0) is 20.1. The lowest BCUT2D eigenvalue weighted by Crippen LogP contribution is -2.14. The Morgan fingerprint density at radius 3 is 2.29 bits per heavy atom. The van der Waals surface area contributed by atoms with Crippen molar-refractivity contribution in [3.63, 3.8) is 0 Å². The van der Waals surface area contributed by atoms with Gasteiger partial charge in [-0.2, -0.15) is 0 Å². The van der Waals surface area contributed by atoms with E-state index in [1.807, 2.05) is 43.3 Å². The summed E-state index contributed by atoms with van der Waals surface area (Å²) in [5.41, 5.74) is 3.21. The predicted octanol–water partition coefficient (Wildman–Crippen LogP) is 3.74. The minimum absolute atomic E-state index is 0.0649. The number of amides is 1. The maximum atomic E-state index is 12.3. The summed E-state index contributed by atoms with van der Waals surface area (Å²) in [5, 5.41) is 5.87. The standard InChI is InChI=1S/C21H21N5O2/c1-14(27)15-5-4-6-17(11-15)25-21(28)19-12-23-20(13-22-19)24-16-7-9-18(10-8-16)26(2)3/h4-13H,1-3H3,(H,23,24)(H,25,28). The van der Waals surface area contributed by atoms with E-state index in [0.717, 1.165) is 11.4 Å². The van der Waals surface area contributed by atoms with Gasteiger partial charge in [-0.25, -0.2) is 9.97 Å². The number of Topliss-reactive ketones (excluding diaryl/α,β-unsaturated/α-hetero) is 1. The van der Waals surface area contributed by atoms with E-state index in [2.05, 4.69) is 20.6 Å². The quantitative estimate of drug-likeness (QED) is 0.638. The molecule has 1 aromatic heterocycles. The molecule has 3 aromatic rings. The van der Waals surface area contributed by atoms with Gasteiger partial charge in [0.1, 0.15) is 11.5 Å². The van der Waals surface area contributed by atoms with Crippen LogP contribution in [0.25, 0.3) is 0 Å². The van der Waals surface area contributed by atoms with Crippen molar-refractivity contribution in [2.45, 2.75) is 6.92 Å². The molecule has 0 radical (unpaired) electrons. The molecule has 28 heavy (non-hydrogen) atoms. The average molecular weight is 375 g/mol. The third-order valence-electron chi connectivity index (χ3n) is 4.07. The molecule has 142 valence electrons. The van der Waals surface area contributed by atoms with Crippen LogP contribution >= 0.6 is 0 Å². The van der Waals surface area contributed by atoms with Crippen LogP contribution in [0.2, 0.25) is 0 Å². The molecule has 2 N–H and O–H groups in total. The van der Waals surface area contributed by atoms with Gasteiger partial charge in [0.25, 0.3) is 5.91 Å². The molecular formula is C21H21N5O2. The van der Waals surface area contributed by atoms with Crippen LogP contribution in [-0.4, -0.2) is 35.8 Å². The van der Waals surface area contributed by atoms with E-state index in [1.54, 1.807) is 24.3 Å². The summed E-state index contributed by atoms with van der Waals surface area (Å²) in [5.74, 6) is 0.0766. The predicted molar refractivity (Wildman–Crippen MR) is 110 cm³/mol. The summed E-state index contributed by atoms with van der Waals surface area (Å²) in [6, 6.07) is 14.6. The number of aromatic nitrogens is 2. The normalized spacial score (nSPS) is 10.2. The van der Waals surface area contributed by atoms with Crippen LogP contribution < -0.4 is 15.5 Å². The van der Waals surface area contributed by atoms with Crippen molar-refractivity contribution < 1.29 is 9.59 Å². The van der Waals surface area contributed by atoms with E-state index < -0.39 is 5.91 Å². The molecule has 1 heterocycles. The number of hydrogen-bond acceptors (Lipinski definition) is 6. The van der Waals surface area contributed by atoms with Crippen LogP contribution in [-0.2, 0) is 0 Å². The third-order valence-corrected chi connectivity index (χ3v) is 4.07. The molecule has 0 atom stereocenters. The van der Waals surface area contributed by atoms with Crippen molar-refractivity contribution >= 4 is 34.6 Å². The van der Waals surface area contributed by atoms with Crippen molar-refractivity contribution in [2.24, 2.45) is 0 Å². The number of nitrogens with one attached hydrogen (secondary N) is 2. The summed E-state index contributed by atoms with van der Waals surface area (Å²) in [7, 11) is 3.96. The van der Waals surface area contributed by atoms with E-state index >= 15 is 0 Å². The third kappa shape index (κ3) is 4.70. The lowest BCUT2D eigenvalue weighted by atomic mass is 10.1. The van der Waals surface area contributed by atoms with Crippen LogP contribution in [0.1, 0.15) is 27.8 Å². The Balaban J connectivity index is 1.65. The molecule has 0 aliphatic carbocycles. The smallest absolute Gasteiger partial charge is 0.275 e. The molecule has 0 aliphatic rings. The van der Waals surface area contributed by atoms with E-state index in [1.165, 1.54) is 19.3 Å². The molecule has 0 saturated carbocycles. The summed E-state index contributed by atoms with van der Waals surface area (Å²) < 4.78 is 0. The lowest BCUT2D eigenvalue weighted by Gasteiger charge is -2.13. The van der Waals surface area contributed by atoms with E-state index in [-0.39, 0.29) is 11.5 Å². The van der Waals surface area contributed by atoms with Gasteiger partial charge in [0.2, 0.25) is 0 Å². The molecule has 3 rings (SSSR count). The summed E-state index contributed by atoms with van der Waals surface area (Å²) in [4.78, 5) is 34.2. The maximum Gasteiger partial charge on any atom is 0.275 e. The largest absolute Gasteiger partial charge is 0.378 e. The fourth-order valence-electron chi connectivity index (χ4n) is 2.51. The molecule has 0 spiro atoms. The second-order valence-electron chi connectivity index (χ2n) is 6.44. The number of carbonyl (C=O) groups is 2. The van der Waals surface area contributed by atoms with Gasteiger partial charge >= 0.3 is 0 Å². The fraction of sp³-hybridized carbons (Fsp3) is 0.143. The highest BCUT2D eigenvalue weighted by Crippen LogP contribution is 2.19. The Morgan fingerprint density at radius 1 is 0.929 bits per heavy atom. The first-order valence-corrected chi connectivity index (χ1v) is 8.71. The Bertz CT molecular complexity index is 982. The molecule has 0 unspecified atom stereocenters. The fourth-order valence-corrected chi connectivity index (χ4v) is 2.51. The van der Waals surface area contributed by atoms with Gasteiger partial charge in [0, 0.05) is 36.7 Å². The monoisotopic (exact) mass is 375 g/mol. The zero-order valence-electron chi connectivity index (χ0n) is 15.9. The first-order valence-electron chi connectivity index (χ1n) is 8.71. The van der Waals surface area contributed by atoms with Crippen LogP contribution in [0, 0.1) is 0 Å². The minimum Gasteiger partial charge on any atom is -0.378 e. The van der Waals surface area contributed by atoms with Gasteiger partial charge in [-0.1, -0.05) is 12.1 Å². The van der Waals surface area contributed by atoms with E-state index in [9.17, 15) is 9.59 Å². The van der Waals surface area contributed by atoms with Crippen LogP contribution in [0.15, 0.2) is 60.9 Å². The number of ketones is 1. The highest BCUT2D eigenvalue weighted by molar-refractivity contribution is 6.03. The molecule has 0 aliphatic heterocycles. The minimum atomic E-state index is -0.393. The molecule has 1 amide bonds. The Hall–Kier alpha value is -3.74. The Kier molecular flexibility index (Phi) is 5.64. The van der Waals surface area contributed by atoms with Crippen molar-refractivity contribution in [2.75, 3.05) is 29.6 Å². The number of benzene rings is 2. The second kappa shape index (κ2) is 8.30. The van der Waals surface area contributed by atoms with Crippen molar-refractivity contribution in [3.8, 4) is 0 Å². The molecule has 0 bridgehead atoms. The average Bonchev–Trinajstić information content (AvgIpc) is 2.69. The summed E-state index contributed by atoms with van der Waals surface area (Å²) in [6.07, 6.45) is 2.90. The summed E-state index contributed by atoms with van der Waals surface area (Å²) in [6.45, 7) is 1.48. The van der Waals surface area contributed by atoms with Gasteiger partial charge in [0.05, 0.1) is 12.4 Å². The Morgan fingerprint density at radius 2 is 1.68 bits per heavy atom. The molecule has 7 heteroatoms. The van der Waals surface area contributed by atoms with Gasteiger partial charge in [-0.05, 0) is 43.3 Å². The number of hydrogen-bond donors (Lipinski definition) is 2. The second-order valence-corrected chi connectivity index (χ2v) is 6.44. The maximum absolute atomic E-state index is 12.3. The van der Waals surface area contributed by atoms with Crippen molar-refractivity contribution in [1.82, 2.24) is 9.97 Å². The van der Waals surface area contributed by atoms with Crippen molar-refractivity contribution in [3.05, 3.63) is 72.2 Å². The highest BCUT2D eigenvalue weighted by atomic mass is 16.2. The summed E-state index contributed by atoms with van der Waals surface area (Å²) >= 11 is 0. The zero-order valence-corrected chi connectivity index (χ0v) is 15.9. The molecule has 0 saturated heterocycles. The number of nitrogens with zero attached hydrogens (tertiary/aromatic N) is 3. The van der Waals surface area contributed by atoms with Gasteiger partial charge < -0.3 is 15.5 Å². The number of rotatable bonds is 6. The van der Waals surface area contributed by atoms with Crippen LogP contribution in [0.5, 0.6) is 0 Å². The molecule has 0 fully saturated rings. The van der Waals surface area contributed by atoms with Gasteiger partial charge in [-0.3, -0.25) is 9.59 Å². The van der Waals surface area contributed by atoms with Gasteiger partial charge in [0.15, 0.2) is 5.78 Å². The molecular weight excluding hydrogens is 354 g/mol. The van der Waals surface area contributed by atoms with Crippen molar-refractivity contribution in [1.29, 1.82) is 0 Å². The van der Waals surface area contributed by atoms with E-state index in [0.29, 0.717) is 17.1 Å². The van der Waals surface area contributed by atoms with Crippen LogP contribution in [0.3, 0.4) is 0 Å². The topological polar surface area (TPSA) is 87.2 Å². The van der Waals surface area contributed by atoms with Gasteiger partial charge in [-0.15, -0.1) is 0 Å². The highest BCUT2D eigenvalue weighted by Gasteiger charge is 2.10. The van der Waals surface area contributed by atoms with Crippen LogP contribution in [0.4, 0.5) is 22.9 Å². The number of anilines is 4. The number of carbonyl (C=O) groups excluding carboxylic acids is 2.